The van der Waals surface area contributed by atoms with Gasteiger partial charge in [0.1, 0.15) is 0 Å². The molecule has 0 spiro atoms. The van der Waals surface area contributed by atoms with Crippen molar-refractivity contribution >= 4 is 17.6 Å². The minimum absolute atomic E-state index is 0.0755. The van der Waals surface area contributed by atoms with Gasteiger partial charge in [-0.25, -0.2) is 0 Å². The van der Waals surface area contributed by atoms with Gasteiger partial charge in [0.05, 0.1) is 6.42 Å². The summed E-state index contributed by atoms with van der Waals surface area (Å²) >= 11 is 0. The number of nitrogens with two attached hydrogens (primary N) is 1. The molecule has 0 radical (unpaired) electrons. The number of likely N-dealkylation sites (N-methyl/N-ethyl adjacent to an activating group) is 1. The summed E-state index contributed by atoms with van der Waals surface area (Å²) in [6.07, 6.45) is 0.0755. The fraction of sp³-hybridized carbons (Fsp3) is 0.333. The lowest BCUT2D eigenvalue weighted by Gasteiger charge is -2.06. The highest BCUT2D eigenvalue weighted by molar-refractivity contribution is 5.81. The molecule has 3 N–H and O–H groups in total. The van der Waals surface area contributed by atoms with Crippen LogP contribution in [0.25, 0.3) is 0 Å². The van der Waals surface area contributed by atoms with Crippen molar-refractivity contribution in [3.05, 3.63) is 29.8 Å². The van der Waals surface area contributed by atoms with Gasteiger partial charge in [-0.3, -0.25) is 9.59 Å². The van der Waals surface area contributed by atoms with Crippen molar-refractivity contribution in [3.8, 4) is 0 Å². The zero-order valence-corrected chi connectivity index (χ0v) is 9.73. The van der Waals surface area contributed by atoms with Crippen LogP contribution >= 0.6 is 0 Å². The normalized spacial score (nSPS) is 9.71. The molecule has 0 aromatic heterocycles. The molecule has 0 aliphatic heterocycles. The Balaban J connectivity index is 2.40. The number of carbonyl (C=O) groups is 2. The van der Waals surface area contributed by atoms with Crippen molar-refractivity contribution in [2.75, 3.05) is 18.9 Å². The van der Waals surface area contributed by atoms with Gasteiger partial charge in [-0.05, 0) is 18.6 Å². The summed E-state index contributed by atoms with van der Waals surface area (Å²) in [6.45, 7) is 2.06. The topological polar surface area (TPSA) is 81.4 Å². The van der Waals surface area contributed by atoms with Crippen LogP contribution in [0.3, 0.4) is 0 Å². The number of esters is 1. The standard InChI is InChI=1S/C12H16N2O3/c1-2-14-11(15)8-17-12(16)7-9-5-3-4-6-10(9)13/h3-6H,2,7-8,13H2,1H3,(H,14,15). The number of nitrogens with one attached hydrogen (secondary N) is 1. The maximum Gasteiger partial charge on any atom is 0.310 e. The number of nitrogen functional groups attached to an aromatic ring is 1. The number of hydrogen-bond donors (Lipinski definition) is 2. The summed E-state index contributed by atoms with van der Waals surface area (Å²) in [7, 11) is 0. The summed E-state index contributed by atoms with van der Waals surface area (Å²) in [5, 5.41) is 2.54. The summed E-state index contributed by atoms with van der Waals surface area (Å²) in [5.74, 6) is -0.768. The van der Waals surface area contributed by atoms with Crippen molar-refractivity contribution in [2.24, 2.45) is 0 Å². The summed E-state index contributed by atoms with van der Waals surface area (Å²) in [6, 6.07) is 7.05. The summed E-state index contributed by atoms with van der Waals surface area (Å²) in [4.78, 5) is 22.5. The molecule has 1 rings (SSSR count). The van der Waals surface area contributed by atoms with Crippen LogP contribution in [0.1, 0.15) is 12.5 Å². The van der Waals surface area contributed by atoms with Crippen LogP contribution < -0.4 is 11.1 Å². The van der Waals surface area contributed by atoms with E-state index in [4.69, 9.17) is 10.5 Å². The molecule has 0 fully saturated rings. The molecular weight excluding hydrogens is 220 g/mol. The minimum atomic E-state index is -0.464. The van der Waals surface area contributed by atoms with Gasteiger partial charge in [0.25, 0.3) is 5.91 Å². The van der Waals surface area contributed by atoms with Gasteiger partial charge in [0, 0.05) is 12.2 Å². The average molecular weight is 236 g/mol. The Morgan fingerprint density at radius 3 is 2.71 bits per heavy atom. The molecule has 0 heterocycles. The van der Waals surface area contributed by atoms with E-state index < -0.39 is 5.97 Å². The van der Waals surface area contributed by atoms with Crippen LogP contribution in [0.5, 0.6) is 0 Å². The quantitative estimate of drug-likeness (QED) is 0.576. The lowest BCUT2D eigenvalue weighted by molar-refractivity contribution is -0.147. The molecule has 1 aromatic rings. The van der Waals surface area contributed by atoms with Gasteiger partial charge in [-0.1, -0.05) is 18.2 Å². The molecule has 92 valence electrons. The summed E-state index contributed by atoms with van der Waals surface area (Å²) < 4.78 is 4.81. The Kier molecular flexibility index (Phi) is 5.00. The van der Waals surface area contributed by atoms with E-state index in [2.05, 4.69) is 5.32 Å². The second kappa shape index (κ2) is 6.52. The molecule has 0 unspecified atom stereocenters. The third kappa shape index (κ3) is 4.55. The first kappa shape index (κ1) is 13.0. The molecule has 0 atom stereocenters. The molecule has 0 bridgehead atoms. The molecular formula is C12H16N2O3. The molecule has 0 saturated carbocycles. The van der Waals surface area contributed by atoms with Gasteiger partial charge >= 0.3 is 5.97 Å². The van der Waals surface area contributed by atoms with Crippen LogP contribution in [0.4, 0.5) is 5.69 Å². The maximum atomic E-state index is 11.4. The van der Waals surface area contributed by atoms with Crippen molar-refractivity contribution in [3.63, 3.8) is 0 Å². The predicted molar refractivity (Wildman–Crippen MR) is 64.2 cm³/mol. The van der Waals surface area contributed by atoms with Crippen molar-refractivity contribution in [2.45, 2.75) is 13.3 Å². The highest BCUT2D eigenvalue weighted by Crippen LogP contribution is 2.11. The maximum absolute atomic E-state index is 11.4. The number of amides is 1. The predicted octanol–water partition coefficient (Wildman–Crippen LogP) is 0.491. The second-order valence-corrected chi connectivity index (χ2v) is 3.49. The van der Waals surface area contributed by atoms with Crippen LogP contribution in [-0.4, -0.2) is 25.0 Å². The molecule has 0 aliphatic rings. The van der Waals surface area contributed by atoms with Gasteiger partial charge in [0.15, 0.2) is 6.61 Å². The minimum Gasteiger partial charge on any atom is -0.455 e. The van der Waals surface area contributed by atoms with Crippen molar-refractivity contribution < 1.29 is 14.3 Å². The van der Waals surface area contributed by atoms with E-state index in [9.17, 15) is 9.59 Å². The van der Waals surface area contributed by atoms with E-state index in [1.807, 2.05) is 0 Å². The Bertz CT molecular complexity index is 404. The number of rotatable bonds is 5. The first-order valence-corrected chi connectivity index (χ1v) is 5.39. The third-order valence-corrected chi connectivity index (χ3v) is 2.13. The highest BCUT2D eigenvalue weighted by atomic mass is 16.5. The number of benzene rings is 1. The molecule has 1 amide bonds. The van der Waals surface area contributed by atoms with E-state index in [1.54, 1.807) is 31.2 Å². The highest BCUT2D eigenvalue weighted by Gasteiger charge is 2.09. The number of hydrogen-bond acceptors (Lipinski definition) is 4. The zero-order valence-electron chi connectivity index (χ0n) is 9.73. The van der Waals surface area contributed by atoms with Crippen LogP contribution in [0, 0.1) is 0 Å². The number of anilines is 1. The molecule has 5 nitrogen and oxygen atoms in total. The molecule has 1 aromatic carbocycles. The Morgan fingerprint density at radius 2 is 2.06 bits per heavy atom. The van der Waals surface area contributed by atoms with E-state index in [-0.39, 0.29) is 18.9 Å². The second-order valence-electron chi connectivity index (χ2n) is 3.49. The fourth-order valence-electron chi connectivity index (χ4n) is 1.30. The monoisotopic (exact) mass is 236 g/mol. The number of carbonyl (C=O) groups excluding carboxylic acids is 2. The van der Waals surface area contributed by atoms with Crippen molar-refractivity contribution in [1.82, 2.24) is 5.32 Å². The molecule has 0 aliphatic carbocycles. The number of ether oxygens (including phenoxy) is 1. The zero-order chi connectivity index (χ0) is 12.7. The van der Waals surface area contributed by atoms with Crippen LogP contribution in [-0.2, 0) is 20.7 Å². The lowest BCUT2D eigenvalue weighted by atomic mass is 10.1. The molecule has 0 saturated heterocycles. The van der Waals surface area contributed by atoms with Crippen molar-refractivity contribution in [1.29, 1.82) is 0 Å². The first-order valence-electron chi connectivity index (χ1n) is 5.39. The summed E-state index contributed by atoms with van der Waals surface area (Å²) in [5.41, 5.74) is 6.93. The first-order chi connectivity index (χ1) is 8.13. The van der Waals surface area contributed by atoms with E-state index in [1.165, 1.54) is 0 Å². The van der Waals surface area contributed by atoms with Gasteiger partial charge in [-0.2, -0.15) is 0 Å². The van der Waals surface area contributed by atoms with Gasteiger partial charge in [-0.15, -0.1) is 0 Å². The van der Waals surface area contributed by atoms with E-state index in [0.717, 1.165) is 0 Å². The van der Waals surface area contributed by atoms with Gasteiger partial charge in [0.2, 0.25) is 0 Å². The fourth-order valence-corrected chi connectivity index (χ4v) is 1.30. The largest absolute Gasteiger partial charge is 0.455 e. The average Bonchev–Trinajstić information content (AvgIpc) is 2.30. The number of para-hydroxylation sites is 1. The van der Waals surface area contributed by atoms with Crippen LogP contribution in [0.2, 0.25) is 0 Å². The Hall–Kier alpha value is -2.04. The van der Waals surface area contributed by atoms with E-state index >= 15 is 0 Å². The molecule has 5 heteroatoms. The van der Waals surface area contributed by atoms with Crippen LogP contribution in [0.15, 0.2) is 24.3 Å². The Morgan fingerprint density at radius 1 is 1.35 bits per heavy atom. The van der Waals surface area contributed by atoms with E-state index in [0.29, 0.717) is 17.8 Å². The molecule has 17 heavy (non-hydrogen) atoms. The third-order valence-electron chi connectivity index (χ3n) is 2.13. The van der Waals surface area contributed by atoms with Gasteiger partial charge < -0.3 is 15.8 Å². The lowest BCUT2D eigenvalue weighted by Crippen LogP contribution is -2.28. The Labute approximate surface area is 99.9 Å². The smallest absolute Gasteiger partial charge is 0.310 e. The SMILES string of the molecule is CCNC(=O)COC(=O)Cc1ccccc1N.